The van der Waals surface area contributed by atoms with Crippen LogP contribution in [0.25, 0.3) is 0 Å². The smallest absolute Gasteiger partial charge is 0.171 e. The van der Waals surface area contributed by atoms with Crippen molar-refractivity contribution in [1.82, 2.24) is 0 Å². The fourth-order valence-corrected chi connectivity index (χ4v) is 1.49. The molecule has 1 rings (SSSR count). The van der Waals surface area contributed by atoms with E-state index in [2.05, 4.69) is 0 Å². The number of ketones is 2. The summed E-state index contributed by atoms with van der Waals surface area (Å²) < 4.78 is 12.8. The third-order valence-electron chi connectivity index (χ3n) is 2.39. The lowest BCUT2D eigenvalue weighted by molar-refractivity contribution is -0.125. The monoisotopic (exact) mass is 256 g/mol. The third kappa shape index (κ3) is 3.63. The Labute approximate surface area is 105 Å². The van der Waals surface area contributed by atoms with Gasteiger partial charge in [0.2, 0.25) is 0 Å². The molecule has 1 aromatic rings. The first-order chi connectivity index (χ1) is 7.71. The quantitative estimate of drug-likeness (QED) is 0.611. The molecule has 17 heavy (non-hydrogen) atoms. The first-order valence-electron chi connectivity index (χ1n) is 5.23. The summed E-state index contributed by atoms with van der Waals surface area (Å²) in [5, 5.41) is 0.0386. The summed E-state index contributed by atoms with van der Waals surface area (Å²) in [6.07, 6.45) is -0.213. The molecule has 4 heteroatoms. The Morgan fingerprint density at radius 1 is 1.29 bits per heavy atom. The van der Waals surface area contributed by atoms with Crippen molar-refractivity contribution in [3.05, 3.63) is 34.6 Å². The molecule has 0 aliphatic rings. The van der Waals surface area contributed by atoms with Crippen LogP contribution >= 0.6 is 11.6 Å². The van der Waals surface area contributed by atoms with Gasteiger partial charge in [0.1, 0.15) is 11.6 Å². The average molecular weight is 257 g/mol. The van der Waals surface area contributed by atoms with Crippen LogP contribution < -0.4 is 0 Å². The van der Waals surface area contributed by atoms with E-state index in [0.29, 0.717) is 0 Å². The lowest BCUT2D eigenvalue weighted by Crippen LogP contribution is -2.23. The van der Waals surface area contributed by atoms with Gasteiger partial charge in [0, 0.05) is 11.0 Å². The van der Waals surface area contributed by atoms with Crippen LogP contribution in [0.3, 0.4) is 0 Å². The van der Waals surface area contributed by atoms with Crippen LogP contribution in [-0.4, -0.2) is 11.6 Å². The van der Waals surface area contributed by atoms with Crippen LogP contribution in [0.15, 0.2) is 18.2 Å². The van der Waals surface area contributed by atoms with Gasteiger partial charge >= 0.3 is 0 Å². The van der Waals surface area contributed by atoms with Crippen LogP contribution in [0.4, 0.5) is 4.39 Å². The number of hydrogen-bond acceptors (Lipinski definition) is 2. The molecule has 0 saturated heterocycles. The Morgan fingerprint density at radius 3 is 2.35 bits per heavy atom. The second kappa shape index (κ2) is 4.96. The van der Waals surface area contributed by atoms with Gasteiger partial charge in [-0.3, -0.25) is 9.59 Å². The molecule has 1 aromatic carbocycles. The van der Waals surface area contributed by atoms with E-state index in [1.807, 2.05) is 0 Å². The fraction of sp³-hybridized carbons (Fsp3) is 0.385. The van der Waals surface area contributed by atoms with Crippen LogP contribution in [0.1, 0.15) is 37.6 Å². The van der Waals surface area contributed by atoms with E-state index in [1.165, 1.54) is 6.07 Å². The van der Waals surface area contributed by atoms with Crippen molar-refractivity contribution in [3.63, 3.8) is 0 Å². The predicted octanol–water partition coefficient (Wildman–Crippen LogP) is 3.67. The van der Waals surface area contributed by atoms with E-state index in [0.717, 1.165) is 12.1 Å². The van der Waals surface area contributed by atoms with Crippen molar-refractivity contribution >= 4 is 23.2 Å². The number of hydrogen-bond donors (Lipinski definition) is 0. The lowest BCUT2D eigenvalue weighted by atomic mass is 9.87. The molecule has 92 valence electrons. The highest BCUT2D eigenvalue weighted by atomic mass is 35.5. The lowest BCUT2D eigenvalue weighted by Gasteiger charge is -2.15. The van der Waals surface area contributed by atoms with Gasteiger partial charge in [-0.2, -0.15) is 0 Å². The maximum Gasteiger partial charge on any atom is 0.171 e. The number of benzene rings is 1. The molecule has 0 bridgehead atoms. The van der Waals surface area contributed by atoms with Gasteiger partial charge in [-0.25, -0.2) is 4.39 Å². The Hall–Kier alpha value is -1.22. The van der Waals surface area contributed by atoms with E-state index < -0.39 is 11.2 Å². The summed E-state index contributed by atoms with van der Waals surface area (Å²) in [6, 6.07) is 3.52. The normalized spacial score (nSPS) is 11.4. The van der Waals surface area contributed by atoms with Crippen LogP contribution in [0, 0.1) is 11.2 Å². The summed E-state index contributed by atoms with van der Waals surface area (Å²) in [5.74, 6) is -1.05. The van der Waals surface area contributed by atoms with Crippen LogP contribution in [0.2, 0.25) is 5.02 Å². The molecule has 2 nitrogen and oxygen atoms in total. The Balaban J connectivity index is 2.88. The van der Waals surface area contributed by atoms with Crippen molar-refractivity contribution in [2.24, 2.45) is 5.41 Å². The molecule has 0 aliphatic heterocycles. The van der Waals surface area contributed by atoms with Gasteiger partial charge in [0.15, 0.2) is 5.78 Å². The standard InChI is InChI=1S/C13H14ClFO2/c1-13(2,3)12(17)7-11(16)9-5-4-8(15)6-10(9)14/h4-6H,7H2,1-3H3. The molecule has 0 aromatic heterocycles. The Bertz CT molecular complexity index is 461. The van der Waals surface area contributed by atoms with Crippen molar-refractivity contribution < 1.29 is 14.0 Å². The molecular formula is C13H14ClFO2. The summed E-state index contributed by atoms with van der Waals surface area (Å²) >= 11 is 5.75. The van der Waals surface area contributed by atoms with Crippen molar-refractivity contribution in [1.29, 1.82) is 0 Å². The van der Waals surface area contributed by atoms with E-state index in [1.54, 1.807) is 20.8 Å². The molecule has 0 amide bonds. The number of carbonyl (C=O) groups excluding carboxylic acids is 2. The highest BCUT2D eigenvalue weighted by Gasteiger charge is 2.24. The molecule has 0 heterocycles. The maximum atomic E-state index is 12.8. The van der Waals surface area contributed by atoms with E-state index in [4.69, 9.17) is 11.6 Å². The van der Waals surface area contributed by atoms with Gasteiger partial charge in [0.25, 0.3) is 0 Å². The van der Waals surface area contributed by atoms with Crippen molar-refractivity contribution in [2.75, 3.05) is 0 Å². The van der Waals surface area contributed by atoms with Gasteiger partial charge in [-0.05, 0) is 18.2 Å². The van der Waals surface area contributed by atoms with Crippen molar-refractivity contribution in [2.45, 2.75) is 27.2 Å². The summed E-state index contributed by atoms with van der Waals surface area (Å²) in [6.45, 7) is 5.23. The molecule has 0 fully saturated rings. The Kier molecular flexibility index (Phi) is 4.04. The third-order valence-corrected chi connectivity index (χ3v) is 2.70. The highest BCUT2D eigenvalue weighted by molar-refractivity contribution is 6.34. The number of halogens is 2. The zero-order valence-electron chi connectivity index (χ0n) is 10.0. The maximum absolute atomic E-state index is 12.8. The first kappa shape index (κ1) is 13.8. The van der Waals surface area contributed by atoms with Crippen LogP contribution in [-0.2, 0) is 4.79 Å². The Morgan fingerprint density at radius 2 is 1.88 bits per heavy atom. The average Bonchev–Trinajstić information content (AvgIpc) is 2.15. The summed E-state index contributed by atoms with van der Waals surface area (Å²) in [7, 11) is 0. The minimum absolute atomic E-state index is 0.0386. The summed E-state index contributed by atoms with van der Waals surface area (Å²) in [5.41, 5.74) is -0.381. The molecule has 0 spiro atoms. The second-order valence-electron chi connectivity index (χ2n) is 4.90. The van der Waals surface area contributed by atoms with E-state index in [9.17, 15) is 14.0 Å². The molecule has 0 saturated carbocycles. The van der Waals surface area contributed by atoms with E-state index >= 15 is 0 Å². The molecule has 0 radical (unpaired) electrons. The molecule has 0 atom stereocenters. The SMILES string of the molecule is CC(C)(C)C(=O)CC(=O)c1ccc(F)cc1Cl. The van der Waals surface area contributed by atoms with E-state index in [-0.39, 0.29) is 28.6 Å². The topological polar surface area (TPSA) is 34.1 Å². The number of Topliss-reactive ketones (excluding diaryl/α,β-unsaturated/α-hetero) is 2. The molecule has 0 aliphatic carbocycles. The van der Waals surface area contributed by atoms with Crippen molar-refractivity contribution in [3.8, 4) is 0 Å². The highest BCUT2D eigenvalue weighted by Crippen LogP contribution is 2.22. The second-order valence-corrected chi connectivity index (χ2v) is 5.30. The minimum Gasteiger partial charge on any atom is -0.299 e. The van der Waals surface area contributed by atoms with Gasteiger partial charge < -0.3 is 0 Å². The van der Waals surface area contributed by atoms with Gasteiger partial charge in [-0.15, -0.1) is 0 Å². The number of rotatable bonds is 3. The zero-order chi connectivity index (χ0) is 13.2. The fourth-order valence-electron chi connectivity index (χ4n) is 1.22. The molecule has 0 N–H and O–H groups in total. The van der Waals surface area contributed by atoms with Gasteiger partial charge in [0.05, 0.1) is 11.4 Å². The largest absolute Gasteiger partial charge is 0.299 e. The van der Waals surface area contributed by atoms with Crippen LogP contribution in [0.5, 0.6) is 0 Å². The molecular weight excluding hydrogens is 243 g/mol. The minimum atomic E-state index is -0.567. The zero-order valence-corrected chi connectivity index (χ0v) is 10.8. The number of carbonyl (C=O) groups is 2. The molecule has 0 unspecified atom stereocenters. The first-order valence-corrected chi connectivity index (χ1v) is 5.61. The summed E-state index contributed by atoms with van der Waals surface area (Å²) in [4.78, 5) is 23.5. The predicted molar refractivity (Wildman–Crippen MR) is 64.8 cm³/mol. The van der Waals surface area contributed by atoms with Gasteiger partial charge in [-0.1, -0.05) is 32.4 Å².